The van der Waals surface area contributed by atoms with Crippen molar-refractivity contribution < 1.29 is 11.0 Å². The Hall–Kier alpha value is -9.12. The van der Waals surface area contributed by atoms with Gasteiger partial charge in [-0.15, -0.1) is 0 Å². The highest BCUT2D eigenvalue weighted by Gasteiger charge is 2.43. The van der Waals surface area contributed by atoms with Gasteiger partial charge in [0.1, 0.15) is 0 Å². The van der Waals surface area contributed by atoms with Gasteiger partial charge in [-0.25, -0.2) is 0 Å². The number of rotatable bonds is 4. The smallest absolute Gasteiger partial charge is 0.252 e. The number of aromatic nitrogens is 2. The van der Waals surface area contributed by atoms with E-state index < -0.39 is 24.2 Å². The highest BCUT2D eigenvalue weighted by molar-refractivity contribution is 7.00. The second-order valence-electron chi connectivity index (χ2n) is 20.6. The summed E-state index contributed by atoms with van der Waals surface area (Å²) in [5.41, 5.74) is 14.3. The van der Waals surface area contributed by atoms with Crippen molar-refractivity contribution in [1.82, 2.24) is 9.13 Å². The van der Waals surface area contributed by atoms with E-state index in [2.05, 4.69) is 212 Å². The molecule has 2 aromatic heterocycles. The summed E-state index contributed by atoms with van der Waals surface area (Å²) in [6.07, 6.45) is 0. The van der Waals surface area contributed by atoms with Gasteiger partial charge in [0.15, 0.2) is 0 Å². The van der Waals surface area contributed by atoms with Crippen LogP contribution in [0.4, 0.5) is 17.1 Å². The van der Waals surface area contributed by atoms with Crippen LogP contribution in [0.5, 0.6) is 0 Å². The Kier molecular flexibility index (Phi) is 7.68. The van der Waals surface area contributed by atoms with Crippen molar-refractivity contribution in [2.24, 2.45) is 0 Å². The van der Waals surface area contributed by atoms with Crippen LogP contribution in [0.1, 0.15) is 37.3 Å². The summed E-state index contributed by atoms with van der Waals surface area (Å²) in [6, 6.07) is 67.9. The quantitative estimate of drug-likeness (QED) is 0.160. The summed E-state index contributed by atoms with van der Waals surface area (Å²) in [5, 5.41) is 6.76. The van der Waals surface area contributed by atoms with Crippen LogP contribution in [0.3, 0.4) is 0 Å². The molecule has 15 rings (SSSR count). The monoisotopic (exact) mass is 951 g/mol. The van der Waals surface area contributed by atoms with E-state index in [4.69, 9.17) is 5.48 Å². The molecule has 0 atom stereocenters. The van der Waals surface area contributed by atoms with Gasteiger partial charge in [0.25, 0.3) is 6.71 Å². The molecule has 0 N–H and O–H groups in total. The highest BCUT2D eigenvalue weighted by Crippen LogP contribution is 2.50. The van der Waals surface area contributed by atoms with Crippen LogP contribution in [0.15, 0.2) is 249 Å². The maximum Gasteiger partial charge on any atom is 0.252 e. The van der Waals surface area contributed by atoms with Crippen LogP contribution in [-0.2, 0) is 5.41 Å². The van der Waals surface area contributed by atoms with Crippen molar-refractivity contribution in [1.29, 1.82) is 0 Å². The summed E-state index contributed by atoms with van der Waals surface area (Å²) >= 11 is 0. The zero-order valence-electron chi connectivity index (χ0n) is 49.0. The first-order chi connectivity index (χ1) is 39.7. The fourth-order valence-electron chi connectivity index (χ4n) is 12.3. The van der Waals surface area contributed by atoms with E-state index in [0.29, 0.717) is 5.69 Å². The zero-order valence-corrected chi connectivity index (χ0v) is 41.0. The van der Waals surface area contributed by atoms with Crippen LogP contribution in [0.25, 0.3) is 98.8 Å². The molecule has 74 heavy (non-hydrogen) atoms. The van der Waals surface area contributed by atoms with Crippen LogP contribution < -0.4 is 21.3 Å². The zero-order chi connectivity index (χ0) is 56.2. The van der Waals surface area contributed by atoms with E-state index in [1.54, 1.807) is 4.57 Å². The predicted molar refractivity (Wildman–Crippen MR) is 317 cm³/mol. The Morgan fingerprint density at radius 1 is 0.392 bits per heavy atom. The molecular formula is C70H50BN3. The highest BCUT2D eigenvalue weighted by atomic mass is 15.2. The van der Waals surface area contributed by atoms with Crippen molar-refractivity contribution in [3.8, 4) is 33.6 Å². The number of hydrogen-bond donors (Lipinski definition) is 0. The molecule has 0 radical (unpaired) electrons. The lowest BCUT2D eigenvalue weighted by Crippen LogP contribution is -2.60. The topological polar surface area (TPSA) is 13.1 Å². The van der Waals surface area contributed by atoms with Crippen molar-refractivity contribution >= 4 is 105 Å². The second kappa shape index (κ2) is 16.2. The minimum atomic E-state index is -0.484. The second-order valence-corrected chi connectivity index (χ2v) is 20.6. The molecule has 13 aromatic rings. The Bertz CT molecular complexity index is 4890. The third-order valence-electron chi connectivity index (χ3n) is 15.5. The molecule has 11 aromatic carbocycles. The third-order valence-corrected chi connectivity index (χ3v) is 15.5. The molecule has 2 aliphatic heterocycles. The minimum absolute atomic E-state index is 0.0297. The van der Waals surface area contributed by atoms with E-state index >= 15 is 0 Å². The van der Waals surface area contributed by atoms with Gasteiger partial charge in [0, 0.05) is 60.9 Å². The lowest BCUT2D eigenvalue weighted by molar-refractivity contribution is 0.590. The summed E-state index contributed by atoms with van der Waals surface area (Å²) in [7, 11) is 0. The maximum atomic E-state index is 9.57. The number of anilines is 3. The van der Waals surface area contributed by atoms with Gasteiger partial charge >= 0.3 is 0 Å². The average Bonchev–Trinajstić information content (AvgIpc) is 1.80. The number of nitrogens with zero attached hydrogens (tertiary/aromatic N) is 3. The maximum absolute atomic E-state index is 9.57. The van der Waals surface area contributed by atoms with Gasteiger partial charge in [-0.1, -0.05) is 227 Å². The Morgan fingerprint density at radius 2 is 0.905 bits per heavy atom. The first kappa shape index (κ1) is 35.1. The number of hydrogen-bond acceptors (Lipinski definition) is 1. The largest absolute Gasteiger partial charge is 0.310 e. The molecule has 0 fully saturated rings. The van der Waals surface area contributed by atoms with Crippen molar-refractivity contribution in [2.75, 3.05) is 4.90 Å². The summed E-state index contributed by atoms with van der Waals surface area (Å²) in [6.45, 7) is 6.42. The molecule has 4 heteroatoms. The molecule has 3 nitrogen and oxygen atoms in total. The standard InChI is InChI=1S/C70H50BN3/c1-70(2,3)47-42-65-67-66(43-47)74(68-49(45-22-6-4-7-23-45)33-20-34-50(68)46-24-8-5-9-25-46)64-44-48(72-61-37-17-15-31-56(61)57-32-16-18-38-62(57)72)40-41-59(64)71(67)60-36-21-35-58-54-29-13-11-27-52(54)51-26-10-12-28-53(51)55-30-14-19-39-63(55)73(65)69(58)60/h4-44H,1-3H3/i15D,16D,17D,18D,31D,32D,37D,38D. The molecule has 0 unspecified atom stereocenters. The molecule has 4 heterocycles. The first-order valence-corrected chi connectivity index (χ1v) is 25.3. The van der Waals surface area contributed by atoms with E-state index in [1.165, 1.54) is 0 Å². The van der Waals surface area contributed by atoms with Gasteiger partial charge in [-0.3, -0.25) is 0 Å². The Balaban J connectivity index is 1.19. The molecule has 0 amide bonds. The average molecular weight is 952 g/mol. The third kappa shape index (κ3) is 6.21. The lowest BCUT2D eigenvalue weighted by Gasteiger charge is -2.43. The first-order valence-electron chi connectivity index (χ1n) is 29.3. The van der Waals surface area contributed by atoms with E-state index in [0.717, 1.165) is 110 Å². The van der Waals surface area contributed by atoms with Gasteiger partial charge < -0.3 is 14.0 Å². The van der Waals surface area contributed by atoms with Crippen LogP contribution in [-0.4, -0.2) is 15.8 Å². The van der Waals surface area contributed by atoms with E-state index in [1.807, 2.05) is 18.2 Å². The molecule has 2 aliphatic rings. The molecular weight excluding hydrogens is 894 g/mol. The van der Waals surface area contributed by atoms with E-state index in [9.17, 15) is 5.48 Å². The van der Waals surface area contributed by atoms with Gasteiger partial charge in [-0.05, 0) is 102 Å². The summed E-state index contributed by atoms with van der Waals surface area (Å²) < 4.78 is 77.8. The lowest BCUT2D eigenvalue weighted by atomic mass is 9.33. The Morgan fingerprint density at radius 3 is 1.53 bits per heavy atom. The van der Waals surface area contributed by atoms with Crippen LogP contribution in [0.2, 0.25) is 0 Å². The van der Waals surface area contributed by atoms with Crippen LogP contribution in [0, 0.1) is 0 Å². The number of benzene rings is 11. The van der Waals surface area contributed by atoms with Crippen molar-refractivity contribution in [3.63, 3.8) is 0 Å². The van der Waals surface area contributed by atoms with Gasteiger partial charge in [0.05, 0.1) is 33.2 Å². The van der Waals surface area contributed by atoms with Crippen molar-refractivity contribution in [2.45, 2.75) is 26.2 Å². The molecule has 348 valence electrons. The normalized spacial score (nSPS) is 14.3. The predicted octanol–water partition coefficient (Wildman–Crippen LogP) is 16.6. The van der Waals surface area contributed by atoms with Gasteiger partial charge in [0.2, 0.25) is 0 Å². The molecule has 0 bridgehead atoms. The number of fused-ring (bicyclic) bond motifs is 14. The Labute approximate surface area is 442 Å². The molecule has 0 aliphatic carbocycles. The SMILES string of the molecule is [2H]c1c([2H])c([2H])c2c(c1[2H])c1c([2H])c([2H])c([2H])c([2H])c1n2-c1ccc2c(c1)N(c1c(-c3ccccc3)cccc1-c1ccccc1)c1cc(C(C)(C)C)cc3c1B2c1cccc2c4ccccc4c4ccccc4c4ccccc4n-3c12. The fourth-order valence-corrected chi connectivity index (χ4v) is 12.3. The van der Waals surface area contributed by atoms with Gasteiger partial charge in [-0.2, -0.15) is 0 Å². The summed E-state index contributed by atoms with van der Waals surface area (Å²) in [4.78, 5) is 2.41. The molecule has 0 saturated heterocycles. The molecule has 0 spiro atoms. The number of para-hydroxylation sites is 5. The van der Waals surface area contributed by atoms with E-state index in [-0.39, 0.29) is 58.1 Å². The van der Waals surface area contributed by atoms with Crippen molar-refractivity contribution in [3.05, 3.63) is 254 Å². The fraction of sp³-hybridized carbons (Fsp3) is 0.0571. The minimum Gasteiger partial charge on any atom is -0.310 e. The summed E-state index contributed by atoms with van der Waals surface area (Å²) in [5.74, 6) is 0. The molecule has 0 saturated carbocycles. The van der Waals surface area contributed by atoms with Crippen LogP contribution >= 0.6 is 0 Å².